The maximum Gasteiger partial charge on any atom is 0.191 e. The summed E-state index contributed by atoms with van der Waals surface area (Å²) in [5.74, 6) is 0.879. The first kappa shape index (κ1) is 20.8. The summed E-state index contributed by atoms with van der Waals surface area (Å²) in [4.78, 5) is 8.81. The zero-order valence-corrected chi connectivity index (χ0v) is 17.8. The Hall–Kier alpha value is -1.89. The molecule has 1 aliphatic rings. The molecule has 0 spiro atoms. The van der Waals surface area contributed by atoms with Crippen molar-refractivity contribution >= 4 is 17.3 Å². The maximum absolute atomic E-state index is 5.17. The SMILES string of the molecule is CCNC(=NCc1ccc(COC)cc1)NCC(c1cccs1)N1CCCC1. The van der Waals surface area contributed by atoms with Gasteiger partial charge in [0, 0.05) is 25.1 Å². The Labute approximate surface area is 172 Å². The van der Waals surface area contributed by atoms with Crippen LogP contribution in [0.2, 0.25) is 0 Å². The summed E-state index contributed by atoms with van der Waals surface area (Å²) in [6, 6.07) is 13.3. The molecule has 0 saturated carbocycles. The van der Waals surface area contributed by atoms with E-state index >= 15 is 0 Å². The van der Waals surface area contributed by atoms with Crippen molar-refractivity contribution in [3.8, 4) is 0 Å². The van der Waals surface area contributed by atoms with E-state index in [-0.39, 0.29) is 0 Å². The molecule has 1 saturated heterocycles. The topological polar surface area (TPSA) is 48.9 Å². The minimum Gasteiger partial charge on any atom is -0.380 e. The molecule has 1 aromatic carbocycles. The predicted octanol–water partition coefficient (Wildman–Crippen LogP) is 3.79. The van der Waals surface area contributed by atoms with Crippen LogP contribution >= 0.6 is 11.3 Å². The first-order valence-corrected chi connectivity index (χ1v) is 11.0. The van der Waals surface area contributed by atoms with Gasteiger partial charge in [0.15, 0.2) is 5.96 Å². The Bertz CT molecular complexity index is 709. The molecule has 1 fully saturated rings. The fraction of sp³-hybridized carbons (Fsp3) is 0.500. The van der Waals surface area contributed by atoms with Crippen LogP contribution in [0.4, 0.5) is 0 Å². The molecule has 3 rings (SSSR count). The lowest BCUT2D eigenvalue weighted by molar-refractivity contribution is 0.185. The number of benzene rings is 1. The van der Waals surface area contributed by atoms with Gasteiger partial charge in [-0.15, -0.1) is 11.3 Å². The zero-order chi connectivity index (χ0) is 19.6. The minimum atomic E-state index is 0.416. The van der Waals surface area contributed by atoms with E-state index in [4.69, 9.17) is 9.73 Å². The average Bonchev–Trinajstić information content (AvgIpc) is 3.42. The molecule has 0 amide bonds. The Morgan fingerprint density at radius 1 is 1.14 bits per heavy atom. The molecule has 2 aromatic rings. The summed E-state index contributed by atoms with van der Waals surface area (Å²) in [7, 11) is 1.72. The number of nitrogens with zero attached hydrogens (tertiary/aromatic N) is 2. The largest absolute Gasteiger partial charge is 0.380 e. The quantitative estimate of drug-likeness (QED) is 0.497. The number of thiophene rings is 1. The lowest BCUT2D eigenvalue weighted by Gasteiger charge is -2.27. The predicted molar refractivity (Wildman–Crippen MR) is 118 cm³/mol. The van der Waals surface area contributed by atoms with Gasteiger partial charge < -0.3 is 15.4 Å². The first-order chi connectivity index (χ1) is 13.8. The number of likely N-dealkylation sites (tertiary alicyclic amines) is 1. The molecule has 2 N–H and O–H groups in total. The highest BCUT2D eigenvalue weighted by Gasteiger charge is 2.24. The monoisotopic (exact) mass is 400 g/mol. The fourth-order valence-corrected chi connectivity index (χ4v) is 4.42. The van der Waals surface area contributed by atoms with Gasteiger partial charge in [-0.3, -0.25) is 4.90 Å². The van der Waals surface area contributed by atoms with Gasteiger partial charge in [0.1, 0.15) is 0 Å². The van der Waals surface area contributed by atoms with Crippen molar-refractivity contribution in [2.45, 2.75) is 39.0 Å². The van der Waals surface area contributed by atoms with Crippen LogP contribution in [-0.4, -0.2) is 44.1 Å². The molecule has 1 atom stereocenters. The number of guanidine groups is 1. The van der Waals surface area contributed by atoms with Crippen LogP contribution in [-0.2, 0) is 17.9 Å². The third-order valence-electron chi connectivity index (χ3n) is 5.01. The normalized spacial score (nSPS) is 16.3. The second-order valence-electron chi connectivity index (χ2n) is 7.10. The van der Waals surface area contributed by atoms with E-state index in [1.54, 1.807) is 7.11 Å². The molecule has 0 bridgehead atoms. The summed E-state index contributed by atoms with van der Waals surface area (Å²) in [6.45, 7) is 7.51. The summed E-state index contributed by atoms with van der Waals surface area (Å²) < 4.78 is 5.17. The standard InChI is InChI=1S/C22H32N4OS/c1-3-23-22(24-15-18-8-10-19(11-9-18)17-27-2)25-16-20(21-7-6-14-28-21)26-12-4-5-13-26/h6-11,14,20H,3-5,12-13,15-17H2,1-2H3,(H2,23,24,25). The Kier molecular flexibility index (Phi) is 8.33. The van der Waals surface area contributed by atoms with E-state index in [2.05, 4.69) is 64.2 Å². The number of rotatable bonds is 9. The zero-order valence-electron chi connectivity index (χ0n) is 17.0. The van der Waals surface area contributed by atoms with E-state index in [0.717, 1.165) is 19.0 Å². The molecule has 152 valence electrons. The number of methoxy groups -OCH3 is 1. The molecule has 5 nitrogen and oxygen atoms in total. The second-order valence-corrected chi connectivity index (χ2v) is 8.08. The van der Waals surface area contributed by atoms with Gasteiger partial charge in [-0.05, 0) is 55.4 Å². The highest BCUT2D eigenvalue weighted by Crippen LogP contribution is 2.27. The third kappa shape index (κ3) is 6.06. The van der Waals surface area contributed by atoms with Gasteiger partial charge in [0.25, 0.3) is 0 Å². The van der Waals surface area contributed by atoms with Gasteiger partial charge >= 0.3 is 0 Å². The molecule has 1 unspecified atom stereocenters. The molecular weight excluding hydrogens is 368 g/mol. The Morgan fingerprint density at radius 3 is 2.54 bits per heavy atom. The van der Waals surface area contributed by atoms with Crippen molar-refractivity contribution in [1.29, 1.82) is 0 Å². The van der Waals surface area contributed by atoms with E-state index in [9.17, 15) is 0 Å². The van der Waals surface area contributed by atoms with Crippen molar-refractivity contribution in [2.24, 2.45) is 4.99 Å². The van der Waals surface area contributed by atoms with Crippen molar-refractivity contribution in [2.75, 3.05) is 33.3 Å². The maximum atomic E-state index is 5.17. The van der Waals surface area contributed by atoms with Crippen LogP contribution in [0.15, 0.2) is 46.8 Å². The lowest BCUT2D eigenvalue weighted by atomic mass is 10.1. The van der Waals surface area contributed by atoms with Gasteiger partial charge in [-0.1, -0.05) is 30.3 Å². The van der Waals surface area contributed by atoms with E-state index < -0.39 is 0 Å². The Balaban J connectivity index is 1.61. The summed E-state index contributed by atoms with van der Waals surface area (Å²) in [5, 5.41) is 9.12. The first-order valence-electron chi connectivity index (χ1n) is 10.2. The highest BCUT2D eigenvalue weighted by molar-refractivity contribution is 7.10. The number of aliphatic imine (C=N–C) groups is 1. The van der Waals surface area contributed by atoms with Crippen LogP contribution in [0.25, 0.3) is 0 Å². The molecule has 1 aliphatic heterocycles. The van der Waals surface area contributed by atoms with Crippen molar-refractivity contribution in [3.05, 3.63) is 57.8 Å². The van der Waals surface area contributed by atoms with Crippen LogP contribution in [0.1, 0.15) is 41.8 Å². The van der Waals surface area contributed by atoms with E-state index in [1.165, 1.54) is 41.9 Å². The Morgan fingerprint density at radius 2 is 1.89 bits per heavy atom. The third-order valence-corrected chi connectivity index (χ3v) is 5.99. The fourth-order valence-electron chi connectivity index (χ4n) is 3.56. The van der Waals surface area contributed by atoms with Crippen LogP contribution in [0.5, 0.6) is 0 Å². The van der Waals surface area contributed by atoms with Gasteiger partial charge in [0.05, 0.1) is 19.2 Å². The minimum absolute atomic E-state index is 0.416. The van der Waals surface area contributed by atoms with Crippen molar-refractivity contribution < 1.29 is 4.74 Å². The number of ether oxygens (including phenoxy) is 1. The summed E-state index contributed by atoms with van der Waals surface area (Å²) in [5.41, 5.74) is 2.39. The smallest absolute Gasteiger partial charge is 0.191 e. The molecule has 0 radical (unpaired) electrons. The average molecular weight is 401 g/mol. The number of hydrogen-bond acceptors (Lipinski definition) is 4. The summed E-state index contributed by atoms with van der Waals surface area (Å²) in [6.07, 6.45) is 2.60. The molecule has 0 aliphatic carbocycles. The summed E-state index contributed by atoms with van der Waals surface area (Å²) >= 11 is 1.85. The van der Waals surface area contributed by atoms with Crippen LogP contribution < -0.4 is 10.6 Å². The van der Waals surface area contributed by atoms with Crippen LogP contribution in [0.3, 0.4) is 0 Å². The molecule has 28 heavy (non-hydrogen) atoms. The highest BCUT2D eigenvalue weighted by atomic mass is 32.1. The van der Waals surface area contributed by atoms with Gasteiger partial charge in [-0.25, -0.2) is 4.99 Å². The van der Waals surface area contributed by atoms with Gasteiger partial charge in [-0.2, -0.15) is 0 Å². The molecular formula is C22H32N4OS. The molecule has 6 heteroatoms. The number of nitrogens with one attached hydrogen (secondary N) is 2. The lowest BCUT2D eigenvalue weighted by Crippen LogP contribution is -2.42. The van der Waals surface area contributed by atoms with E-state index in [1.807, 2.05) is 11.3 Å². The van der Waals surface area contributed by atoms with Crippen molar-refractivity contribution in [3.63, 3.8) is 0 Å². The van der Waals surface area contributed by atoms with E-state index in [0.29, 0.717) is 19.2 Å². The second kappa shape index (κ2) is 11.2. The molecule has 1 aromatic heterocycles. The van der Waals surface area contributed by atoms with Crippen LogP contribution in [0, 0.1) is 0 Å². The van der Waals surface area contributed by atoms with Crippen molar-refractivity contribution in [1.82, 2.24) is 15.5 Å². The van der Waals surface area contributed by atoms with Gasteiger partial charge in [0.2, 0.25) is 0 Å². The molecule has 2 heterocycles. The number of hydrogen-bond donors (Lipinski definition) is 2.